The number of rotatable bonds is 8. The third-order valence-corrected chi connectivity index (χ3v) is 5.60. The number of carbonyl (C=O) groups is 1. The van der Waals surface area contributed by atoms with Crippen molar-refractivity contribution in [3.63, 3.8) is 0 Å². The summed E-state index contributed by atoms with van der Waals surface area (Å²) in [4.78, 5) is 11.4. The van der Waals surface area contributed by atoms with E-state index in [0.717, 1.165) is 11.3 Å². The lowest BCUT2D eigenvalue weighted by molar-refractivity contribution is -0.114. The third-order valence-electron chi connectivity index (χ3n) is 4.14. The zero-order valence-corrected chi connectivity index (χ0v) is 18.2. The molecule has 0 heterocycles. The van der Waals surface area contributed by atoms with Crippen LogP contribution in [0.25, 0.3) is 0 Å². The van der Waals surface area contributed by atoms with Crippen LogP contribution in [0, 0.1) is 0 Å². The Morgan fingerprint density at radius 2 is 1.76 bits per heavy atom. The van der Waals surface area contributed by atoms with Crippen LogP contribution < -0.4 is 19.5 Å². The van der Waals surface area contributed by atoms with Crippen molar-refractivity contribution in [2.45, 2.75) is 38.0 Å². The summed E-state index contributed by atoms with van der Waals surface area (Å²) in [5.74, 6) is 0.787. The average Bonchev–Trinajstić information content (AvgIpc) is 2.64. The first-order valence-electron chi connectivity index (χ1n) is 9.22. The number of amides is 1. The molecule has 158 valence electrons. The van der Waals surface area contributed by atoms with Crippen LogP contribution in [0.1, 0.15) is 33.3 Å². The zero-order valence-electron chi connectivity index (χ0n) is 17.4. The van der Waals surface area contributed by atoms with Gasteiger partial charge >= 0.3 is 0 Å². The number of methoxy groups -OCH3 is 1. The van der Waals surface area contributed by atoms with Crippen LogP contribution in [0.4, 0.5) is 5.69 Å². The summed E-state index contributed by atoms with van der Waals surface area (Å²) in [6.45, 7) is 7.89. The highest BCUT2D eigenvalue weighted by molar-refractivity contribution is 7.89. The predicted molar refractivity (Wildman–Crippen MR) is 113 cm³/mol. The minimum Gasteiger partial charge on any atom is -0.495 e. The van der Waals surface area contributed by atoms with Crippen LogP contribution in [0.2, 0.25) is 0 Å². The molecule has 0 aliphatic rings. The highest BCUT2D eigenvalue weighted by Gasteiger charge is 2.19. The maximum Gasteiger partial charge on any atom is 0.240 e. The summed E-state index contributed by atoms with van der Waals surface area (Å²) in [5.41, 5.74) is 1.26. The van der Waals surface area contributed by atoms with Crippen LogP contribution in [0.15, 0.2) is 47.4 Å². The maximum absolute atomic E-state index is 12.6. The van der Waals surface area contributed by atoms with E-state index in [9.17, 15) is 13.2 Å². The standard InChI is InChI=1S/C21H28N2O5S/c1-15(24)23-18-14-16(10-11-20(18)27-5)29(25,26)22-12-13-28-19-9-7-6-8-17(19)21(2,3)4/h6-11,14,22H,12-13H2,1-5H3,(H,23,24). The third kappa shape index (κ3) is 6.20. The van der Waals surface area contributed by atoms with E-state index in [0.29, 0.717) is 11.4 Å². The van der Waals surface area contributed by atoms with Gasteiger partial charge < -0.3 is 14.8 Å². The van der Waals surface area contributed by atoms with Gasteiger partial charge in [0, 0.05) is 13.5 Å². The fourth-order valence-corrected chi connectivity index (χ4v) is 3.81. The molecule has 8 heteroatoms. The number of sulfonamides is 1. The molecule has 2 aromatic rings. The topological polar surface area (TPSA) is 93.7 Å². The molecule has 0 radical (unpaired) electrons. The van der Waals surface area contributed by atoms with Gasteiger partial charge in [0.2, 0.25) is 15.9 Å². The largest absolute Gasteiger partial charge is 0.495 e. The number of ether oxygens (including phenoxy) is 2. The van der Waals surface area contributed by atoms with Crippen LogP contribution in [-0.4, -0.2) is 34.6 Å². The lowest BCUT2D eigenvalue weighted by Gasteiger charge is -2.22. The van der Waals surface area contributed by atoms with Gasteiger partial charge in [-0.15, -0.1) is 0 Å². The van der Waals surface area contributed by atoms with Gasteiger partial charge in [-0.05, 0) is 35.2 Å². The molecule has 29 heavy (non-hydrogen) atoms. The van der Waals surface area contributed by atoms with Gasteiger partial charge in [0.05, 0.1) is 17.7 Å². The summed E-state index contributed by atoms with van der Waals surface area (Å²) in [6.07, 6.45) is 0. The number of para-hydroxylation sites is 1. The van der Waals surface area contributed by atoms with Gasteiger partial charge in [-0.1, -0.05) is 39.0 Å². The summed E-state index contributed by atoms with van der Waals surface area (Å²) in [5, 5.41) is 2.57. The van der Waals surface area contributed by atoms with Gasteiger partial charge in [-0.2, -0.15) is 0 Å². The molecular formula is C21H28N2O5S. The minimum atomic E-state index is -3.77. The van der Waals surface area contributed by atoms with E-state index < -0.39 is 10.0 Å². The lowest BCUT2D eigenvalue weighted by atomic mass is 9.86. The van der Waals surface area contributed by atoms with E-state index in [-0.39, 0.29) is 29.4 Å². The van der Waals surface area contributed by atoms with Gasteiger partial charge in [-0.25, -0.2) is 13.1 Å². The fourth-order valence-electron chi connectivity index (χ4n) is 2.77. The van der Waals surface area contributed by atoms with Crippen molar-refractivity contribution < 1.29 is 22.7 Å². The molecule has 0 aliphatic carbocycles. The first kappa shape index (κ1) is 22.7. The van der Waals surface area contributed by atoms with Gasteiger partial charge in [0.25, 0.3) is 0 Å². The number of nitrogens with one attached hydrogen (secondary N) is 2. The molecular weight excluding hydrogens is 392 g/mol. The van der Waals surface area contributed by atoms with Crippen LogP contribution in [-0.2, 0) is 20.2 Å². The average molecular weight is 421 g/mol. The van der Waals surface area contributed by atoms with E-state index >= 15 is 0 Å². The van der Waals surface area contributed by atoms with Crippen molar-refractivity contribution >= 4 is 21.6 Å². The fraction of sp³-hybridized carbons (Fsp3) is 0.381. The van der Waals surface area contributed by atoms with Crippen LogP contribution >= 0.6 is 0 Å². The Hall–Kier alpha value is -2.58. The molecule has 2 aromatic carbocycles. The van der Waals surface area contributed by atoms with Gasteiger partial charge in [0.1, 0.15) is 18.1 Å². The number of benzene rings is 2. The summed E-state index contributed by atoms with van der Waals surface area (Å²) < 4.78 is 38.6. The first-order valence-corrected chi connectivity index (χ1v) is 10.7. The number of hydrogen-bond acceptors (Lipinski definition) is 5. The molecule has 0 saturated carbocycles. The highest BCUT2D eigenvalue weighted by Crippen LogP contribution is 2.31. The predicted octanol–water partition coefficient (Wildman–Crippen LogP) is 3.31. The van der Waals surface area contributed by atoms with Crippen molar-refractivity contribution in [2.75, 3.05) is 25.6 Å². The quantitative estimate of drug-likeness (QED) is 0.639. The second kappa shape index (κ2) is 9.28. The second-order valence-electron chi connectivity index (χ2n) is 7.54. The van der Waals surface area contributed by atoms with Gasteiger partial charge in [0.15, 0.2) is 0 Å². The molecule has 0 bridgehead atoms. The molecule has 0 atom stereocenters. The Morgan fingerprint density at radius 3 is 2.38 bits per heavy atom. The summed E-state index contributed by atoms with van der Waals surface area (Å²) >= 11 is 0. The van der Waals surface area contributed by atoms with E-state index in [4.69, 9.17) is 9.47 Å². The Labute approximate surface area is 172 Å². The van der Waals surface area contributed by atoms with Crippen molar-refractivity contribution in [1.29, 1.82) is 0 Å². The Bertz CT molecular complexity index is 965. The Balaban J connectivity index is 2.05. The monoisotopic (exact) mass is 420 g/mol. The lowest BCUT2D eigenvalue weighted by Crippen LogP contribution is -2.28. The minimum absolute atomic E-state index is 0.0251. The number of hydrogen-bond donors (Lipinski definition) is 2. The van der Waals surface area contributed by atoms with E-state index in [1.54, 1.807) is 0 Å². The maximum atomic E-state index is 12.6. The van der Waals surface area contributed by atoms with E-state index in [1.807, 2.05) is 24.3 Å². The molecule has 0 saturated heterocycles. The van der Waals surface area contributed by atoms with Crippen molar-refractivity contribution in [3.05, 3.63) is 48.0 Å². The molecule has 0 aromatic heterocycles. The Kier molecular flexibility index (Phi) is 7.26. The molecule has 0 fully saturated rings. The molecule has 0 unspecified atom stereocenters. The Morgan fingerprint density at radius 1 is 1.07 bits per heavy atom. The van der Waals surface area contributed by atoms with Crippen molar-refractivity contribution in [2.24, 2.45) is 0 Å². The van der Waals surface area contributed by atoms with E-state index in [1.165, 1.54) is 32.2 Å². The van der Waals surface area contributed by atoms with Crippen molar-refractivity contribution in [1.82, 2.24) is 4.72 Å². The smallest absolute Gasteiger partial charge is 0.240 e. The van der Waals surface area contributed by atoms with E-state index in [2.05, 4.69) is 30.8 Å². The first-order chi connectivity index (χ1) is 13.5. The molecule has 2 N–H and O–H groups in total. The highest BCUT2D eigenvalue weighted by atomic mass is 32.2. The molecule has 0 aliphatic heterocycles. The van der Waals surface area contributed by atoms with Gasteiger partial charge in [-0.3, -0.25) is 4.79 Å². The number of carbonyl (C=O) groups excluding carboxylic acids is 1. The SMILES string of the molecule is COc1ccc(S(=O)(=O)NCCOc2ccccc2C(C)(C)C)cc1NC(C)=O. The van der Waals surface area contributed by atoms with Crippen LogP contribution in [0.5, 0.6) is 11.5 Å². The summed E-state index contributed by atoms with van der Waals surface area (Å²) in [7, 11) is -2.33. The molecule has 2 rings (SSSR count). The zero-order chi connectivity index (χ0) is 21.7. The number of anilines is 1. The second-order valence-corrected chi connectivity index (χ2v) is 9.30. The van der Waals surface area contributed by atoms with Crippen molar-refractivity contribution in [3.8, 4) is 11.5 Å². The van der Waals surface area contributed by atoms with Crippen LogP contribution in [0.3, 0.4) is 0 Å². The normalized spacial score (nSPS) is 11.8. The summed E-state index contributed by atoms with van der Waals surface area (Å²) in [6, 6.07) is 12.0. The molecule has 0 spiro atoms. The molecule has 7 nitrogen and oxygen atoms in total. The molecule has 1 amide bonds.